The zero-order valence-electron chi connectivity index (χ0n) is 8.03. The molecule has 71 valence electrons. The van der Waals surface area contributed by atoms with Gasteiger partial charge in [-0.25, -0.2) is 5.32 Å². The Kier molecular flexibility index (Phi) is 7.77. The molecule has 1 aromatic rings. The molecule has 0 heterocycles. The second-order valence-electron chi connectivity index (χ2n) is 3.29. The van der Waals surface area contributed by atoms with Crippen LogP contribution in [0.4, 0.5) is 0 Å². The third-order valence-electron chi connectivity index (χ3n) is 1.75. The number of hydrogen-bond acceptors (Lipinski definition) is 1. The zero-order valence-corrected chi connectivity index (χ0v) is 8.03. The zero-order chi connectivity index (χ0) is 9.68. The summed E-state index contributed by atoms with van der Waals surface area (Å²) < 4.78 is 0. The molecule has 0 aromatic heterocycles. The van der Waals surface area contributed by atoms with E-state index in [2.05, 4.69) is 5.32 Å². The van der Waals surface area contributed by atoms with Crippen LogP contribution in [0.2, 0.25) is 0 Å². The van der Waals surface area contributed by atoms with Gasteiger partial charge in [0, 0.05) is 5.92 Å². The van der Waals surface area contributed by atoms with E-state index < -0.39 is 0 Å². The van der Waals surface area contributed by atoms with Crippen LogP contribution in [-0.2, 0) is 11.3 Å². The van der Waals surface area contributed by atoms with Crippen molar-refractivity contribution >= 4 is 57.3 Å². The van der Waals surface area contributed by atoms with Crippen LogP contribution in [0.25, 0.3) is 0 Å². The fourth-order valence-electron chi connectivity index (χ4n) is 0.935. The van der Waals surface area contributed by atoms with E-state index in [9.17, 15) is 4.79 Å². The van der Waals surface area contributed by atoms with Crippen molar-refractivity contribution in [3.05, 3.63) is 35.9 Å². The van der Waals surface area contributed by atoms with E-state index in [0.29, 0.717) is 6.54 Å². The minimum absolute atomic E-state index is 0. The van der Waals surface area contributed by atoms with Crippen molar-refractivity contribution in [2.75, 3.05) is 0 Å². The molecule has 0 spiro atoms. The second-order valence-corrected chi connectivity index (χ2v) is 3.29. The van der Waals surface area contributed by atoms with Crippen molar-refractivity contribution in [2.45, 2.75) is 20.4 Å². The molecule has 14 heavy (non-hydrogen) atoms. The summed E-state index contributed by atoms with van der Waals surface area (Å²) in [6, 6.07) is 9.79. The van der Waals surface area contributed by atoms with E-state index >= 15 is 0 Å². The van der Waals surface area contributed by atoms with Crippen molar-refractivity contribution < 1.29 is 4.79 Å². The first-order valence-corrected chi connectivity index (χ1v) is 4.45. The van der Waals surface area contributed by atoms with Gasteiger partial charge in [-0.2, -0.15) is 0 Å². The first kappa shape index (κ1) is 14.3. The van der Waals surface area contributed by atoms with Crippen LogP contribution < -0.4 is 5.32 Å². The van der Waals surface area contributed by atoms with Crippen LogP contribution >= 0.6 is 0 Å². The third kappa shape index (κ3) is 5.27. The van der Waals surface area contributed by atoms with E-state index in [4.69, 9.17) is 0 Å². The van der Waals surface area contributed by atoms with Crippen LogP contribution in [0.15, 0.2) is 30.3 Å². The quantitative estimate of drug-likeness (QED) is 0.701. The molecule has 0 saturated carbocycles. The molecule has 0 atom stereocenters. The summed E-state index contributed by atoms with van der Waals surface area (Å²) in [5.74, 6) is -0.0208. The molecule has 1 aromatic carbocycles. The standard InChI is InChI=1S/C11H14NO.K.H/c1-9(2)11(13)12-8-10-6-4-3-5-7-10;;/h3-7,9H,8H2,1-2H3;;. The molecule has 1 amide bonds. The SMILES string of the molecule is CC(C)C(=O)[N]Cc1ccccc1.[KH]. The summed E-state index contributed by atoms with van der Waals surface area (Å²) in [7, 11) is 0. The van der Waals surface area contributed by atoms with Gasteiger partial charge in [-0.1, -0.05) is 44.2 Å². The van der Waals surface area contributed by atoms with Crippen LogP contribution in [0.5, 0.6) is 0 Å². The first-order valence-electron chi connectivity index (χ1n) is 4.45. The summed E-state index contributed by atoms with van der Waals surface area (Å²) in [5, 5.41) is 3.96. The van der Waals surface area contributed by atoms with Crippen molar-refractivity contribution in [3.63, 3.8) is 0 Å². The van der Waals surface area contributed by atoms with Crippen molar-refractivity contribution in [2.24, 2.45) is 5.92 Å². The molecule has 2 nitrogen and oxygen atoms in total. The molecule has 3 heteroatoms. The Bertz CT molecular complexity index is 272. The monoisotopic (exact) mass is 216 g/mol. The fraction of sp³-hybridized carbons (Fsp3) is 0.364. The van der Waals surface area contributed by atoms with E-state index in [0.717, 1.165) is 5.56 Å². The Morgan fingerprint density at radius 3 is 2.36 bits per heavy atom. The van der Waals surface area contributed by atoms with Gasteiger partial charge >= 0.3 is 51.4 Å². The van der Waals surface area contributed by atoms with Crippen molar-refractivity contribution in [3.8, 4) is 0 Å². The van der Waals surface area contributed by atoms with E-state index in [1.54, 1.807) is 0 Å². The maximum absolute atomic E-state index is 11.1. The Morgan fingerprint density at radius 2 is 1.86 bits per heavy atom. The van der Waals surface area contributed by atoms with Gasteiger partial charge in [0.05, 0.1) is 6.54 Å². The topological polar surface area (TPSA) is 31.2 Å². The normalized spacial score (nSPS) is 9.36. The van der Waals surface area contributed by atoms with Gasteiger partial charge in [0.15, 0.2) is 0 Å². The van der Waals surface area contributed by atoms with Crippen LogP contribution in [0, 0.1) is 5.92 Å². The number of rotatable bonds is 3. The van der Waals surface area contributed by atoms with Gasteiger partial charge in [-0.3, -0.25) is 4.79 Å². The molecule has 0 aliphatic carbocycles. The Hall–Kier alpha value is 0.326. The number of hydrogen-bond donors (Lipinski definition) is 0. The molecule has 0 saturated heterocycles. The molecule has 0 bridgehead atoms. The number of carbonyl (C=O) groups excluding carboxylic acids is 1. The summed E-state index contributed by atoms with van der Waals surface area (Å²) in [6.45, 7) is 4.21. The third-order valence-corrected chi connectivity index (χ3v) is 1.75. The fourth-order valence-corrected chi connectivity index (χ4v) is 0.935. The Labute approximate surface area is 128 Å². The van der Waals surface area contributed by atoms with Crippen LogP contribution in [0.1, 0.15) is 19.4 Å². The predicted molar refractivity (Wildman–Crippen MR) is 59.3 cm³/mol. The molecule has 0 N–H and O–H groups in total. The maximum atomic E-state index is 11.1. The van der Waals surface area contributed by atoms with Gasteiger partial charge in [0.1, 0.15) is 0 Å². The van der Waals surface area contributed by atoms with Crippen molar-refractivity contribution in [1.82, 2.24) is 5.32 Å². The molecule has 0 aliphatic rings. The number of carbonyl (C=O) groups is 1. The van der Waals surface area contributed by atoms with E-state index in [1.165, 1.54) is 0 Å². The summed E-state index contributed by atoms with van der Waals surface area (Å²) in [4.78, 5) is 11.1. The molecular weight excluding hydrogens is 201 g/mol. The molecule has 1 rings (SSSR count). The minimum atomic E-state index is -0.0242. The molecule has 0 aliphatic heterocycles. The number of nitrogens with zero attached hydrogens (tertiary/aromatic N) is 1. The van der Waals surface area contributed by atoms with Gasteiger partial charge in [-0.05, 0) is 5.56 Å². The number of benzene rings is 1. The molecular formula is C11H15KNO. The summed E-state index contributed by atoms with van der Waals surface area (Å²) in [6.07, 6.45) is 0. The molecule has 0 unspecified atom stereocenters. The summed E-state index contributed by atoms with van der Waals surface area (Å²) in [5.41, 5.74) is 1.08. The van der Waals surface area contributed by atoms with Crippen molar-refractivity contribution in [1.29, 1.82) is 0 Å². The molecule has 1 radical (unpaired) electrons. The average Bonchev–Trinajstić information content (AvgIpc) is 2.15. The predicted octanol–water partition coefficient (Wildman–Crippen LogP) is 1.33. The summed E-state index contributed by atoms with van der Waals surface area (Å²) >= 11 is 0. The van der Waals surface area contributed by atoms with Gasteiger partial charge in [0.2, 0.25) is 5.91 Å². The Morgan fingerprint density at radius 1 is 1.29 bits per heavy atom. The van der Waals surface area contributed by atoms with Crippen LogP contribution in [-0.4, -0.2) is 57.3 Å². The van der Waals surface area contributed by atoms with Gasteiger partial charge < -0.3 is 0 Å². The Balaban J connectivity index is 0.00000169. The average molecular weight is 216 g/mol. The van der Waals surface area contributed by atoms with E-state index in [1.807, 2.05) is 44.2 Å². The van der Waals surface area contributed by atoms with Crippen LogP contribution in [0.3, 0.4) is 0 Å². The second kappa shape index (κ2) is 7.60. The van der Waals surface area contributed by atoms with Gasteiger partial charge in [0.25, 0.3) is 0 Å². The number of amides is 1. The molecule has 0 fully saturated rings. The van der Waals surface area contributed by atoms with Gasteiger partial charge in [-0.15, -0.1) is 0 Å². The van der Waals surface area contributed by atoms with E-state index in [-0.39, 0.29) is 63.2 Å². The first-order chi connectivity index (χ1) is 6.20.